The number of hydrogen-bond acceptors (Lipinski definition) is 5. The summed E-state index contributed by atoms with van der Waals surface area (Å²) in [5, 5.41) is 0.867. The van der Waals surface area contributed by atoms with Gasteiger partial charge < -0.3 is 14.5 Å². The summed E-state index contributed by atoms with van der Waals surface area (Å²) in [6, 6.07) is 18.9. The van der Waals surface area contributed by atoms with Gasteiger partial charge in [-0.25, -0.2) is 4.79 Å². The van der Waals surface area contributed by atoms with Gasteiger partial charge in [0, 0.05) is 23.6 Å². The highest BCUT2D eigenvalue weighted by Crippen LogP contribution is 2.27. The Morgan fingerprint density at radius 3 is 2.24 bits per heavy atom. The SMILES string of the molecule is COc1ccc(C(=O)Oc2ccc3[nH]cc(CCN4C(=O)c5ccccc5C4=O)c3c2)cc1. The molecule has 0 saturated heterocycles. The minimum atomic E-state index is -0.472. The number of ether oxygens (including phenoxy) is 2. The predicted molar refractivity (Wildman–Crippen MR) is 122 cm³/mol. The van der Waals surface area contributed by atoms with E-state index in [0.29, 0.717) is 34.6 Å². The molecule has 0 radical (unpaired) electrons. The van der Waals surface area contributed by atoms with Gasteiger partial charge in [-0.05, 0) is 66.6 Å². The number of imide groups is 1. The number of aromatic amines is 1. The number of esters is 1. The molecule has 1 aliphatic rings. The second-order valence-corrected chi connectivity index (χ2v) is 7.70. The number of amides is 2. The molecule has 5 rings (SSSR count). The number of carbonyl (C=O) groups excluding carboxylic acids is 3. The molecular formula is C26H20N2O5. The van der Waals surface area contributed by atoms with E-state index in [2.05, 4.69) is 4.98 Å². The van der Waals surface area contributed by atoms with Crippen molar-refractivity contribution < 1.29 is 23.9 Å². The van der Waals surface area contributed by atoms with Crippen molar-refractivity contribution in [3.63, 3.8) is 0 Å². The average Bonchev–Trinajstić information content (AvgIpc) is 3.36. The molecule has 164 valence electrons. The van der Waals surface area contributed by atoms with Crippen molar-refractivity contribution in [2.45, 2.75) is 6.42 Å². The first-order chi connectivity index (χ1) is 16.0. The van der Waals surface area contributed by atoms with E-state index in [0.717, 1.165) is 16.5 Å². The third-order valence-corrected chi connectivity index (χ3v) is 5.76. The molecule has 1 aliphatic heterocycles. The van der Waals surface area contributed by atoms with Crippen LogP contribution in [0.3, 0.4) is 0 Å². The van der Waals surface area contributed by atoms with Gasteiger partial charge >= 0.3 is 5.97 Å². The normalized spacial score (nSPS) is 12.8. The van der Waals surface area contributed by atoms with E-state index in [9.17, 15) is 14.4 Å². The van der Waals surface area contributed by atoms with Crippen LogP contribution in [0.1, 0.15) is 36.6 Å². The van der Waals surface area contributed by atoms with Crippen LogP contribution in [-0.2, 0) is 6.42 Å². The van der Waals surface area contributed by atoms with Gasteiger partial charge in [0.2, 0.25) is 0 Å². The van der Waals surface area contributed by atoms with E-state index >= 15 is 0 Å². The fraction of sp³-hybridized carbons (Fsp3) is 0.115. The molecular weight excluding hydrogens is 420 g/mol. The molecule has 3 aromatic carbocycles. The van der Waals surface area contributed by atoms with E-state index < -0.39 is 5.97 Å². The van der Waals surface area contributed by atoms with Crippen molar-refractivity contribution in [3.05, 3.63) is 95.2 Å². The summed E-state index contributed by atoms with van der Waals surface area (Å²) >= 11 is 0. The van der Waals surface area contributed by atoms with Crippen LogP contribution >= 0.6 is 0 Å². The van der Waals surface area contributed by atoms with Gasteiger partial charge in [-0.1, -0.05) is 12.1 Å². The fourth-order valence-electron chi connectivity index (χ4n) is 4.00. The van der Waals surface area contributed by atoms with E-state index in [1.807, 2.05) is 12.3 Å². The Balaban J connectivity index is 1.32. The highest BCUT2D eigenvalue weighted by Gasteiger charge is 2.34. The number of benzene rings is 3. The average molecular weight is 440 g/mol. The molecule has 0 spiro atoms. The van der Waals surface area contributed by atoms with Gasteiger partial charge in [-0.15, -0.1) is 0 Å². The number of hydrogen-bond donors (Lipinski definition) is 1. The Morgan fingerprint density at radius 1 is 0.909 bits per heavy atom. The van der Waals surface area contributed by atoms with Crippen LogP contribution in [0.25, 0.3) is 10.9 Å². The zero-order valence-corrected chi connectivity index (χ0v) is 17.8. The molecule has 1 aromatic heterocycles. The van der Waals surface area contributed by atoms with Crippen molar-refractivity contribution in [2.75, 3.05) is 13.7 Å². The lowest BCUT2D eigenvalue weighted by molar-refractivity contribution is 0.0654. The van der Waals surface area contributed by atoms with Crippen molar-refractivity contribution >= 4 is 28.7 Å². The minimum absolute atomic E-state index is 0.259. The molecule has 0 saturated carbocycles. The summed E-state index contributed by atoms with van der Waals surface area (Å²) in [6.45, 7) is 0.259. The van der Waals surface area contributed by atoms with Crippen LogP contribution in [-0.4, -0.2) is 41.3 Å². The topological polar surface area (TPSA) is 88.7 Å². The summed E-state index contributed by atoms with van der Waals surface area (Å²) in [6.07, 6.45) is 2.32. The predicted octanol–water partition coefficient (Wildman–Crippen LogP) is 4.23. The van der Waals surface area contributed by atoms with Gasteiger partial charge in [0.25, 0.3) is 11.8 Å². The molecule has 2 amide bonds. The smallest absolute Gasteiger partial charge is 0.343 e. The highest BCUT2D eigenvalue weighted by atomic mass is 16.5. The zero-order valence-electron chi connectivity index (χ0n) is 17.8. The molecule has 0 fully saturated rings. The van der Waals surface area contributed by atoms with Crippen LogP contribution in [0.5, 0.6) is 11.5 Å². The van der Waals surface area contributed by atoms with Gasteiger partial charge in [-0.2, -0.15) is 0 Å². The van der Waals surface area contributed by atoms with Crippen LogP contribution in [0, 0.1) is 0 Å². The summed E-state index contributed by atoms with van der Waals surface area (Å²) in [5.74, 6) is 0.0436. The van der Waals surface area contributed by atoms with Gasteiger partial charge in [0.05, 0.1) is 23.8 Å². The maximum absolute atomic E-state index is 12.6. The number of rotatable bonds is 6. The zero-order chi connectivity index (χ0) is 22.9. The van der Waals surface area contributed by atoms with E-state index in [-0.39, 0.29) is 18.4 Å². The standard InChI is InChI=1S/C26H20N2O5/c1-32-18-8-6-16(7-9-18)26(31)33-19-10-11-23-22(14-19)17(15-27-23)12-13-28-24(29)20-4-2-3-5-21(20)25(28)30/h2-11,14-15,27H,12-13H2,1H3. The number of aromatic nitrogens is 1. The Hall–Kier alpha value is -4.39. The Labute approximate surface area is 189 Å². The first kappa shape index (κ1) is 20.5. The maximum atomic E-state index is 12.6. The van der Waals surface area contributed by atoms with Crippen LogP contribution < -0.4 is 9.47 Å². The second kappa shape index (κ2) is 8.27. The molecule has 4 aromatic rings. The molecule has 33 heavy (non-hydrogen) atoms. The number of methoxy groups -OCH3 is 1. The van der Waals surface area contributed by atoms with Crippen molar-refractivity contribution in [3.8, 4) is 11.5 Å². The van der Waals surface area contributed by atoms with Crippen molar-refractivity contribution in [1.29, 1.82) is 0 Å². The Kier molecular flexibility index (Phi) is 5.14. The van der Waals surface area contributed by atoms with Gasteiger partial charge in [-0.3, -0.25) is 14.5 Å². The molecule has 2 heterocycles. The van der Waals surface area contributed by atoms with E-state index in [4.69, 9.17) is 9.47 Å². The van der Waals surface area contributed by atoms with Gasteiger partial charge in [0.1, 0.15) is 11.5 Å². The van der Waals surface area contributed by atoms with Crippen LogP contribution in [0.2, 0.25) is 0 Å². The summed E-state index contributed by atoms with van der Waals surface area (Å²) in [4.78, 5) is 42.2. The molecule has 7 nitrogen and oxygen atoms in total. The number of carbonyl (C=O) groups is 3. The molecule has 7 heteroatoms. The monoisotopic (exact) mass is 440 g/mol. The summed E-state index contributed by atoms with van der Waals surface area (Å²) < 4.78 is 10.7. The largest absolute Gasteiger partial charge is 0.497 e. The summed E-state index contributed by atoms with van der Waals surface area (Å²) in [5.41, 5.74) is 3.08. The maximum Gasteiger partial charge on any atom is 0.343 e. The third kappa shape index (κ3) is 3.74. The van der Waals surface area contributed by atoms with Crippen LogP contribution in [0.15, 0.2) is 72.9 Å². The van der Waals surface area contributed by atoms with Gasteiger partial charge in [0.15, 0.2) is 0 Å². The number of nitrogens with one attached hydrogen (secondary N) is 1. The van der Waals surface area contributed by atoms with E-state index in [1.165, 1.54) is 4.90 Å². The number of nitrogens with zero attached hydrogens (tertiary/aromatic N) is 1. The molecule has 1 N–H and O–H groups in total. The number of H-pyrrole nitrogens is 1. The van der Waals surface area contributed by atoms with Crippen molar-refractivity contribution in [2.24, 2.45) is 0 Å². The lowest BCUT2D eigenvalue weighted by Gasteiger charge is -2.13. The minimum Gasteiger partial charge on any atom is -0.497 e. The molecule has 0 unspecified atom stereocenters. The quantitative estimate of drug-likeness (QED) is 0.275. The fourth-order valence-corrected chi connectivity index (χ4v) is 4.00. The second-order valence-electron chi connectivity index (χ2n) is 7.70. The Bertz CT molecular complexity index is 1350. The van der Waals surface area contributed by atoms with Crippen molar-refractivity contribution in [1.82, 2.24) is 9.88 Å². The lowest BCUT2D eigenvalue weighted by Crippen LogP contribution is -2.31. The molecule has 0 aliphatic carbocycles. The van der Waals surface area contributed by atoms with E-state index in [1.54, 1.807) is 67.8 Å². The number of fused-ring (bicyclic) bond motifs is 2. The summed E-state index contributed by atoms with van der Waals surface area (Å²) in [7, 11) is 1.56. The third-order valence-electron chi connectivity index (χ3n) is 5.76. The molecule has 0 bridgehead atoms. The first-order valence-corrected chi connectivity index (χ1v) is 10.5. The highest BCUT2D eigenvalue weighted by molar-refractivity contribution is 6.21. The lowest BCUT2D eigenvalue weighted by atomic mass is 10.1. The molecule has 0 atom stereocenters. The first-order valence-electron chi connectivity index (χ1n) is 10.5. The Morgan fingerprint density at radius 2 is 1.58 bits per heavy atom. The van der Waals surface area contributed by atoms with Crippen LogP contribution in [0.4, 0.5) is 0 Å².